The van der Waals surface area contributed by atoms with Gasteiger partial charge in [-0.3, -0.25) is 0 Å². The molecule has 0 amide bonds. The molecule has 1 N–H and O–H groups in total. The third-order valence-corrected chi connectivity index (χ3v) is 4.28. The lowest BCUT2D eigenvalue weighted by molar-refractivity contribution is 0.185. The molecular weight excluding hydrogens is 222 g/mol. The van der Waals surface area contributed by atoms with E-state index >= 15 is 0 Å². The molecule has 1 aliphatic rings. The summed E-state index contributed by atoms with van der Waals surface area (Å²) in [4.78, 5) is 0. The molecule has 0 aliphatic heterocycles. The number of para-hydroxylation sites is 1. The molecule has 0 radical (unpaired) electrons. The van der Waals surface area contributed by atoms with Crippen molar-refractivity contribution in [2.24, 2.45) is 11.8 Å². The number of nitrogens with one attached hydrogen (secondary N) is 1. The Morgan fingerprint density at radius 3 is 2.67 bits per heavy atom. The van der Waals surface area contributed by atoms with Crippen molar-refractivity contribution in [3.8, 4) is 0 Å². The Hall–Kier alpha value is -1.02. The van der Waals surface area contributed by atoms with Crippen molar-refractivity contribution >= 4 is 5.69 Å². The van der Waals surface area contributed by atoms with E-state index in [0.29, 0.717) is 12.6 Å². The smallest absolute Gasteiger partial charge is 0.0733 e. The van der Waals surface area contributed by atoms with Gasteiger partial charge in [0.25, 0.3) is 0 Å². The third kappa shape index (κ3) is 3.26. The lowest BCUT2D eigenvalue weighted by Gasteiger charge is -2.33. The van der Waals surface area contributed by atoms with Crippen LogP contribution in [0.4, 0.5) is 5.69 Å². The first-order chi connectivity index (χ1) is 8.70. The van der Waals surface area contributed by atoms with Gasteiger partial charge in [0.05, 0.1) is 6.61 Å². The fourth-order valence-corrected chi connectivity index (χ4v) is 2.84. The van der Waals surface area contributed by atoms with Crippen LogP contribution >= 0.6 is 0 Å². The second-order valence-electron chi connectivity index (χ2n) is 5.70. The second kappa shape index (κ2) is 6.24. The topological polar surface area (TPSA) is 21.3 Å². The Labute approximate surface area is 111 Å². The van der Waals surface area contributed by atoms with Gasteiger partial charge < -0.3 is 10.1 Å². The third-order valence-electron chi connectivity index (χ3n) is 4.28. The summed E-state index contributed by atoms with van der Waals surface area (Å²) >= 11 is 0. The average molecular weight is 247 g/mol. The highest BCUT2D eigenvalue weighted by Gasteiger charge is 2.24. The Kier molecular flexibility index (Phi) is 4.65. The first-order valence-corrected chi connectivity index (χ1v) is 7.04. The van der Waals surface area contributed by atoms with Crippen molar-refractivity contribution in [3.63, 3.8) is 0 Å². The molecule has 0 aromatic heterocycles. The summed E-state index contributed by atoms with van der Waals surface area (Å²) in [5, 5.41) is 3.71. The monoisotopic (exact) mass is 247 g/mol. The van der Waals surface area contributed by atoms with Gasteiger partial charge in [0.1, 0.15) is 0 Å². The summed E-state index contributed by atoms with van der Waals surface area (Å²) in [6, 6.07) is 9.09. The normalized spacial score (nSPS) is 28.1. The fraction of sp³-hybridized carbons (Fsp3) is 0.625. The molecule has 1 aromatic carbocycles. The summed E-state index contributed by atoms with van der Waals surface area (Å²) in [7, 11) is 1.75. The van der Waals surface area contributed by atoms with Crippen LogP contribution in [0.15, 0.2) is 24.3 Å². The predicted octanol–water partition coefficient (Wildman–Crippen LogP) is 4.07. The largest absolute Gasteiger partial charge is 0.382 e. The summed E-state index contributed by atoms with van der Waals surface area (Å²) in [6.45, 7) is 5.43. The van der Waals surface area contributed by atoms with Crippen molar-refractivity contribution in [2.75, 3.05) is 12.4 Å². The summed E-state index contributed by atoms with van der Waals surface area (Å²) in [6.07, 6.45) is 3.90. The lowest BCUT2D eigenvalue weighted by atomic mass is 9.79. The van der Waals surface area contributed by atoms with E-state index < -0.39 is 0 Å². The zero-order chi connectivity index (χ0) is 13.0. The standard InChI is InChI=1S/C16H25NO/c1-12-8-9-15(10-13(12)2)17-16-7-5-4-6-14(16)11-18-3/h4-7,12-13,15,17H,8-11H2,1-3H3. The van der Waals surface area contributed by atoms with Gasteiger partial charge in [-0.1, -0.05) is 32.0 Å². The maximum atomic E-state index is 5.26. The molecule has 2 nitrogen and oxygen atoms in total. The van der Waals surface area contributed by atoms with Crippen LogP contribution in [0.2, 0.25) is 0 Å². The Balaban J connectivity index is 2.01. The van der Waals surface area contributed by atoms with E-state index in [1.165, 1.54) is 30.5 Å². The van der Waals surface area contributed by atoms with Crippen molar-refractivity contribution in [3.05, 3.63) is 29.8 Å². The molecule has 3 unspecified atom stereocenters. The molecule has 1 fully saturated rings. The highest BCUT2D eigenvalue weighted by atomic mass is 16.5. The van der Waals surface area contributed by atoms with Crippen molar-refractivity contribution in [2.45, 2.75) is 45.8 Å². The first kappa shape index (κ1) is 13.4. The maximum absolute atomic E-state index is 5.26. The van der Waals surface area contributed by atoms with E-state index in [1.54, 1.807) is 7.11 Å². The maximum Gasteiger partial charge on any atom is 0.0733 e. The zero-order valence-electron chi connectivity index (χ0n) is 11.8. The van der Waals surface area contributed by atoms with E-state index in [9.17, 15) is 0 Å². The molecule has 1 aromatic rings. The van der Waals surface area contributed by atoms with Crippen LogP contribution in [0, 0.1) is 11.8 Å². The van der Waals surface area contributed by atoms with Gasteiger partial charge in [-0.15, -0.1) is 0 Å². The second-order valence-corrected chi connectivity index (χ2v) is 5.70. The van der Waals surface area contributed by atoms with E-state index in [2.05, 4.69) is 43.4 Å². The predicted molar refractivity (Wildman–Crippen MR) is 76.7 cm³/mol. The minimum Gasteiger partial charge on any atom is -0.382 e. The van der Waals surface area contributed by atoms with Gasteiger partial charge in [0, 0.05) is 24.4 Å². The highest BCUT2D eigenvalue weighted by molar-refractivity contribution is 5.51. The number of ether oxygens (including phenoxy) is 1. The van der Waals surface area contributed by atoms with Gasteiger partial charge in [-0.2, -0.15) is 0 Å². The van der Waals surface area contributed by atoms with E-state index in [0.717, 1.165) is 11.8 Å². The summed E-state index contributed by atoms with van der Waals surface area (Å²) in [5.74, 6) is 1.70. The van der Waals surface area contributed by atoms with Gasteiger partial charge in [-0.25, -0.2) is 0 Å². The quantitative estimate of drug-likeness (QED) is 0.866. The number of methoxy groups -OCH3 is 1. The van der Waals surface area contributed by atoms with Gasteiger partial charge in [-0.05, 0) is 37.2 Å². The molecule has 100 valence electrons. The van der Waals surface area contributed by atoms with Crippen LogP contribution in [-0.2, 0) is 11.3 Å². The van der Waals surface area contributed by atoms with Gasteiger partial charge in [0.15, 0.2) is 0 Å². The Morgan fingerprint density at radius 2 is 1.94 bits per heavy atom. The van der Waals surface area contributed by atoms with Crippen molar-refractivity contribution in [1.82, 2.24) is 0 Å². The Bertz CT molecular complexity index is 377. The molecule has 0 bridgehead atoms. The van der Waals surface area contributed by atoms with Gasteiger partial charge >= 0.3 is 0 Å². The van der Waals surface area contributed by atoms with Crippen molar-refractivity contribution in [1.29, 1.82) is 0 Å². The SMILES string of the molecule is COCc1ccccc1NC1CCC(C)C(C)C1. The van der Waals surface area contributed by atoms with E-state index in [1.807, 2.05) is 0 Å². The molecule has 0 heterocycles. The highest BCUT2D eigenvalue weighted by Crippen LogP contribution is 2.31. The number of anilines is 1. The number of hydrogen-bond donors (Lipinski definition) is 1. The molecular formula is C16H25NO. The molecule has 1 aliphatic carbocycles. The molecule has 3 atom stereocenters. The van der Waals surface area contributed by atoms with Gasteiger partial charge in [0.2, 0.25) is 0 Å². The molecule has 0 saturated heterocycles. The first-order valence-electron chi connectivity index (χ1n) is 7.04. The van der Waals surface area contributed by atoms with E-state index in [-0.39, 0.29) is 0 Å². The number of hydrogen-bond acceptors (Lipinski definition) is 2. The van der Waals surface area contributed by atoms with Crippen LogP contribution in [0.25, 0.3) is 0 Å². The fourth-order valence-electron chi connectivity index (χ4n) is 2.84. The molecule has 1 saturated carbocycles. The Morgan fingerprint density at radius 1 is 1.17 bits per heavy atom. The lowest BCUT2D eigenvalue weighted by Crippen LogP contribution is -2.30. The minimum atomic E-state index is 0.620. The zero-order valence-corrected chi connectivity index (χ0v) is 11.8. The number of rotatable bonds is 4. The van der Waals surface area contributed by atoms with Crippen LogP contribution in [-0.4, -0.2) is 13.2 Å². The summed E-state index contributed by atoms with van der Waals surface area (Å²) < 4.78 is 5.26. The van der Waals surface area contributed by atoms with Crippen molar-refractivity contribution < 1.29 is 4.74 Å². The molecule has 18 heavy (non-hydrogen) atoms. The van der Waals surface area contributed by atoms with Crippen LogP contribution in [0.1, 0.15) is 38.7 Å². The molecule has 2 rings (SSSR count). The van der Waals surface area contributed by atoms with Crippen LogP contribution in [0.3, 0.4) is 0 Å². The summed E-state index contributed by atoms with van der Waals surface area (Å²) in [5.41, 5.74) is 2.50. The molecule has 2 heteroatoms. The van der Waals surface area contributed by atoms with Crippen LogP contribution < -0.4 is 5.32 Å². The van der Waals surface area contributed by atoms with E-state index in [4.69, 9.17) is 4.74 Å². The average Bonchev–Trinajstić information content (AvgIpc) is 2.37. The molecule has 0 spiro atoms. The minimum absolute atomic E-state index is 0.620. The van der Waals surface area contributed by atoms with Crippen LogP contribution in [0.5, 0.6) is 0 Å². The number of benzene rings is 1.